The molecule has 0 aliphatic carbocycles. The Balaban J connectivity index is 1.69. The van der Waals surface area contributed by atoms with E-state index >= 15 is 0 Å². The first kappa shape index (κ1) is 18.1. The van der Waals surface area contributed by atoms with E-state index in [2.05, 4.69) is 15.4 Å². The molecule has 4 rings (SSSR count). The number of piperidine rings is 1. The third kappa shape index (κ3) is 3.47. The van der Waals surface area contributed by atoms with Gasteiger partial charge in [-0.1, -0.05) is 29.4 Å². The minimum absolute atomic E-state index is 0.104. The summed E-state index contributed by atoms with van der Waals surface area (Å²) in [6, 6.07) is 12.9. The van der Waals surface area contributed by atoms with Crippen LogP contribution in [0.15, 0.2) is 53.7 Å². The summed E-state index contributed by atoms with van der Waals surface area (Å²) in [5, 5.41) is 16.5. The molecule has 0 aromatic heterocycles. The number of hydrogen-bond acceptors (Lipinski definition) is 4. The van der Waals surface area contributed by atoms with Gasteiger partial charge in [0.25, 0.3) is 0 Å². The Morgan fingerprint density at radius 1 is 1.00 bits per heavy atom. The average Bonchev–Trinajstić information content (AvgIpc) is 3.09. The summed E-state index contributed by atoms with van der Waals surface area (Å²) in [6.45, 7) is 3.15. The first-order chi connectivity index (χ1) is 13.1. The van der Waals surface area contributed by atoms with Crippen molar-refractivity contribution in [2.45, 2.75) is 18.9 Å². The van der Waals surface area contributed by atoms with E-state index in [-0.39, 0.29) is 23.1 Å². The third-order valence-electron chi connectivity index (χ3n) is 5.85. The van der Waals surface area contributed by atoms with Gasteiger partial charge in [-0.3, -0.25) is 4.90 Å². The van der Waals surface area contributed by atoms with Gasteiger partial charge in [0.15, 0.2) is 0 Å². The fourth-order valence-corrected chi connectivity index (χ4v) is 4.47. The van der Waals surface area contributed by atoms with Crippen LogP contribution in [0.25, 0.3) is 0 Å². The molecule has 4 nitrogen and oxygen atoms in total. The highest BCUT2D eigenvalue weighted by Gasteiger charge is 2.46. The van der Waals surface area contributed by atoms with E-state index < -0.39 is 0 Å². The zero-order chi connectivity index (χ0) is 18.9. The first-order valence-electron chi connectivity index (χ1n) is 9.28. The maximum atomic E-state index is 13.5. The van der Waals surface area contributed by atoms with Crippen molar-refractivity contribution in [2.75, 3.05) is 26.2 Å². The molecule has 6 heteroatoms. The summed E-state index contributed by atoms with van der Waals surface area (Å²) < 4.78 is 26.9. The van der Waals surface area contributed by atoms with Crippen molar-refractivity contribution < 1.29 is 14.0 Å². The van der Waals surface area contributed by atoms with Crippen LogP contribution in [0.4, 0.5) is 8.78 Å². The Bertz CT molecular complexity index is 777. The fraction of sp³-hybridized carbons (Fsp3) is 0.381. The van der Waals surface area contributed by atoms with Crippen LogP contribution in [0.3, 0.4) is 0 Å². The van der Waals surface area contributed by atoms with E-state index in [9.17, 15) is 14.0 Å². The number of hydrogen-bond donors (Lipinski definition) is 2. The van der Waals surface area contributed by atoms with Gasteiger partial charge >= 0.3 is 0 Å². The molecule has 27 heavy (non-hydrogen) atoms. The molecule has 2 aromatic rings. The molecule has 2 heterocycles. The molecule has 2 aliphatic rings. The van der Waals surface area contributed by atoms with Crippen molar-refractivity contribution in [2.24, 2.45) is 10.6 Å². The lowest BCUT2D eigenvalue weighted by Gasteiger charge is -2.36. The number of halogens is 2. The number of nitrogens with zero attached hydrogens (tertiary/aromatic N) is 2. The van der Waals surface area contributed by atoms with Crippen molar-refractivity contribution in [3.8, 4) is 0 Å². The lowest BCUT2D eigenvalue weighted by Crippen LogP contribution is -2.49. The molecule has 2 fully saturated rings. The zero-order valence-electron chi connectivity index (χ0n) is 15.0. The van der Waals surface area contributed by atoms with Gasteiger partial charge in [-0.2, -0.15) is 0 Å². The summed E-state index contributed by atoms with van der Waals surface area (Å²) in [6.07, 6.45) is 1.63. The summed E-state index contributed by atoms with van der Waals surface area (Å²) in [5.41, 5.74) is 2.59. The minimum atomic E-state index is -0.277. The third-order valence-corrected chi connectivity index (χ3v) is 5.85. The molecule has 0 bridgehead atoms. The summed E-state index contributed by atoms with van der Waals surface area (Å²) in [5.74, 6) is -0.554. The second kappa shape index (κ2) is 7.37. The molecular weight excluding hydrogens is 348 g/mol. The predicted molar refractivity (Wildman–Crippen MR) is 100.0 cm³/mol. The van der Waals surface area contributed by atoms with Gasteiger partial charge in [0.1, 0.15) is 11.6 Å². The second-order valence-electron chi connectivity index (χ2n) is 7.48. The van der Waals surface area contributed by atoms with Crippen LogP contribution in [-0.2, 0) is 0 Å². The Labute approximate surface area is 157 Å². The first-order valence-corrected chi connectivity index (χ1v) is 9.28. The van der Waals surface area contributed by atoms with Gasteiger partial charge in [-0.05, 0) is 41.8 Å². The van der Waals surface area contributed by atoms with Crippen LogP contribution in [-0.4, -0.2) is 42.0 Å². The maximum absolute atomic E-state index is 13.5. The van der Waals surface area contributed by atoms with Gasteiger partial charge in [-0.15, -0.1) is 0 Å². The molecular formula is C21H23F2N3O. The summed E-state index contributed by atoms with van der Waals surface area (Å²) in [4.78, 5) is 2.32. The lowest BCUT2D eigenvalue weighted by molar-refractivity contribution is 0.242. The van der Waals surface area contributed by atoms with Crippen molar-refractivity contribution >= 4 is 5.71 Å². The number of likely N-dealkylation sites (tertiary alicyclic amines) is 1. The summed E-state index contributed by atoms with van der Waals surface area (Å²) in [7, 11) is 0. The van der Waals surface area contributed by atoms with E-state index in [1.165, 1.54) is 24.3 Å². The summed E-state index contributed by atoms with van der Waals surface area (Å²) >= 11 is 0. The smallest absolute Gasteiger partial charge is 0.123 e. The monoisotopic (exact) mass is 371 g/mol. The zero-order valence-corrected chi connectivity index (χ0v) is 15.0. The number of rotatable bonds is 3. The molecule has 0 unspecified atom stereocenters. The standard InChI is InChI=1S/C21H23F2N3O/c22-17-5-1-15(2-6-17)20(16-3-7-18(23)8-4-16)26-12-10-21(14-26)13-24-11-9-19(21)25-27/h1-8,20,24,27H,9-14H2/t21-/m0/s1. The molecule has 2 N–H and O–H groups in total. The molecule has 1 atom stereocenters. The Morgan fingerprint density at radius 3 is 2.15 bits per heavy atom. The predicted octanol–water partition coefficient (Wildman–Crippen LogP) is 3.57. The van der Waals surface area contributed by atoms with E-state index in [0.29, 0.717) is 0 Å². The second-order valence-corrected chi connectivity index (χ2v) is 7.48. The van der Waals surface area contributed by atoms with Gasteiger partial charge in [-0.25, -0.2) is 8.78 Å². The van der Waals surface area contributed by atoms with Crippen LogP contribution in [0.5, 0.6) is 0 Å². The van der Waals surface area contributed by atoms with Crippen LogP contribution < -0.4 is 5.32 Å². The maximum Gasteiger partial charge on any atom is 0.123 e. The van der Waals surface area contributed by atoms with Crippen molar-refractivity contribution in [1.29, 1.82) is 0 Å². The highest BCUT2D eigenvalue weighted by atomic mass is 19.1. The van der Waals surface area contributed by atoms with Crippen molar-refractivity contribution in [3.05, 3.63) is 71.3 Å². The SMILES string of the molecule is ON=C1CCNC[C@]12CCN(C(c1ccc(F)cc1)c1ccc(F)cc1)C2. The molecule has 0 saturated carbocycles. The Morgan fingerprint density at radius 2 is 1.59 bits per heavy atom. The van der Waals surface area contributed by atoms with E-state index in [4.69, 9.17) is 0 Å². The molecule has 2 aromatic carbocycles. The normalized spacial score (nSPS) is 24.9. The van der Waals surface area contributed by atoms with Crippen molar-refractivity contribution in [3.63, 3.8) is 0 Å². The molecule has 2 aliphatic heterocycles. The molecule has 2 saturated heterocycles. The molecule has 142 valence electrons. The van der Waals surface area contributed by atoms with Gasteiger partial charge in [0.2, 0.25) is 0 Å². The van der Waals surface area contributed by atoms with Crippen LogP contribution in [0, 0.1) is 17.0 Å². The topological polar surface area (TPSA) is 47.9 Å². The minimum Gasteiger partial charge on any atom is -0.411 e. The van der Waals surface area contributed by atoms with Crippen LogP contribution in [0.1, 0.15) is 30.0 Å². The highest BCUT2D eigenvalue weighted by Crippen LogP contribution is 2.41. The quantitative estimate of drug-likeness (QED) is 0.641. The largest absolute Gasteiger partial charge is 0.411 e. The number of nitrogens with one attached hydrogen (secondary N) is 1. The molecule has 0 radical (unpaired) electrons. The Hall–Kier alpha value is -2.31. The molecule has 0 amide bonds. The van der Waals surface area contributed by atoms with E-state index in [1.54, 1.807) is 24.3 Å². The van der Waals surface area contributed by atoms with E-state index in [1.807, 2.05) is 0 Å². The lowest BCUT2D eigenvalue weighted by atomic mass is 9.78. The highest BCUT2D eigenvalue weighted by molar-refractivity contribution is 5.91. The van der Waals surface area contributed by atoms with Gasteiger partial charge in [0.05, 0.1) is 11.8 Å². The van der Waals surface area contributed by atoms with Crippen molar-refractivity contribution in [1.82, 2.24) is 10.2 Å². The number of oxime groups is 1. The number of benzene rings is 2. The van der Waals surface area contributed by atoms with E-state index in [0.717, 1.165) is 55.9 Å². The van der Waals surface area contributed by atoms with Gasteiger partial charge in [0, 0.05) is 38.0 Å². The Kier molecular flexibility index (Phi) is 4.93. The average molecular weight is 371 g/mol. The fourth-order valence-electron chi connectivity index (χ4n) is 4.47. The van der Waals surface area contributed by atoms with Crippen LogP contribution >= 0.6 is 0 Å². The van der Waals surface area contributed by atoms with Gasteiger partial charge < -0.3 is 10.5 Å². The molecule has 1 spiro atoms. The van der Waals surface area contributed by atoms with Crippen LogP contribution in [0.2, 0.25) is 0 Å².